The Kier molecular flexibility index (Phi) is 2.69. The second-order valence-corrected chi connectivity index (χ2v) is 5.46. The molecule has 0 radical (unpaired) electrons. The van der Waals surface area contributed by atoms with Crippen molar-refractivity contribution >= 4 is 11.5 Å². The molecule has 1 aromatic heterocycles. The van der Waals surface area contributed by atoms with Crippen LogP contribution in [0.15, 0.2) is 12.3 Å². The minimum Gasteiger partial charge on any atom is -0.367 e. The van der Waals surface area contributed by atoms with Crippen LogP contribution in [0.25, 0.3) is 0 Å². The first-order chi connectivity index (χ1) is 8.65. The highest BCUT2D eigenvalue weighted by atomic mass is 16.6. The zero-order valence-electron chi connectivity index (χ0n) is 10.4. The zero-order valence-corrected chi connectivity index (χ0v) is 10.4. The number of nitrogens with one attached hydrogen (secondary N) is 1. The number of anilines is 1. The highest BCUT2D eigenvalue weighted by Crippen LogP contribution is 2.45. The van der Waals surface area contributed by atoms with Crippen LogP contribution in [0.5, 0.6) is 0 Å². The van der Waals surface area contributed by atoms with Gasteiger partial charge < -0.3 is 5.32 Å². The van der Waals surface area contributed by atoms with Crippen molar-refractivity contribution < 1.29 is 4.92 Å². The minimum absolute atomic E-state index is 0.0925. The van der Waals surface area contributed by atoms with Gasteiger partial charge in [-0.15, -0.1) is 0 Å². The number of hydrogen-bond acceptors (Lipinski definition) is 4. The maximum absolute atomic E-state index is 10.7. The van der Waals surface area contributed by atoms with Crippen LogP contribution >= 0.6 is 0 Å². The molecule has 0 atom stereocenters. The second-order valence-electron chi connectivity index (χ2n) is 5.46. The number of nitrogens with zero attached hydrogens (tertiary/aromatic N) is 2. The molecule has 96 valence electrons. The Labute approximate surface area is 106 Å². The fourth-order valence-corrected chi connectivity index (χ4v) is 2.52. The Morgan fingerprint density at radius 3 is 2.44 bits per heavy atom. The molecule has 5 nitrogen and oxygen atoms in total. The summed E-state index contributed by atoms with van der Waals surface area (Å²) in [5.41, 5.74) is 0.762. The van der Waals surface area contributed by atoms with Crippen molar-refractivity contribution in [3.8, 4) is 0 Å². The van der Waals surface area contributed by atoms with E-state index >= 15 is 0 Å². The van der Waals surface area contributed by atoms with Gasteiger partial charge in [0, 0.05) is 11.6 Å². The van der Waals surface area contributed by atoms with Gasteiger partial charge in [-0.1, -0.05) is 0 Å². The maximum Gasteiger partial charge on any atom is 0.290 e. The minimum atomic E-state index is -0.384. The Hall–Kier alpha value is -1.65. The van der Waals surface area contributed by atoms with E-state index in [-0.39, 0.29) is 10.6 Å². The molecule has 1 N–H and O–H groups in total. The molecule has 2 saturated carbocycles. The molecule has 5 heteroatoms. The second kappa shape index (κ2) is 4.23. The topological polar surface area (TPSA) is 68.1 Å². The SMILES string of the molecule is Cc1cc(NC(C2CC2)C2CC2)ncc1[N+](=O)[O-]. The average Bonchev–Trinajstić information content (AvgIpc) is 3.17. The molecule has 0 aliphatic heterocycles. The summed E-state index contributed by atoms with van der Waals surface area (Å²) in [6, 6.07) is 2.31. The predicted octanol–water partition coefficient (Wildman–Crippen LogP) is 2.90. The molecule has 0 amide bonds. The van der Waals surface area contributed by atoms with Crippen LogP contribution in [0.3, 0.4) is 0 Å². The zero-order chi connectivity index (χ0) is 12.7. The molecule has 1 aromatic rings. The molecule has 18 heavy (non-hydrogen) atoms. The monoisotopic (exact) mass is 247 g/mol. The van der Waals surface area contributed by atoms with Crippen molar-refractivity contribution in [2.75, 3.05) is 5.32 Å². The Morgan fingerprint density at radius 1 is 1.39 bits per heavy atom. The van der Waals surface area contributed by atoms with Gasteiger partial charge in [0.2, 0.25) is 0 Å². The van der Waals surface area contributed by atoms with Gasteiger partial charge in [-0.2, -0.15) is 0 Å². The smallest absolute Gasteiger partial charge is 0.290 e. The number of aryl methyl sites for hydroxylation is 1. The Morgan fingerprint density at radius 2 is 2.00 bits per heavy atom. The predicted molar refractivity (Wildman–Crippen MR) is 68.5 cm³/mol. The van der Waals surface area contributed by atoms with Gasteiger partial charge in [-0.05, 0) is 50.5 Å². The highest BCUT2D eigenvalue weighted by Gasteiger charge is 2.41. The Balaban J connectivity index is 1.75. The van der Waals surface area contributed by atoms with Crippen LogP contribution in [0, 0.1) is 28.9 Å². The van der Waals surface area contributed by atoms with Gasteiger partial charge in [0.25, 0.3) is 5.69 Å². The van der Waals surface area contributed by atoms with E-state index < -0.39 is 0 Å². The van der Waals surface area contributed by atoms with Crippen molar-refractivity contribution in [3.63, 3.8) is 0 Å². The maximum atomic E-state index is 10.7. The number of pyridine rings is 1. The van der Waals surface area contributed by atoms with Crippen molar-refractivity contribution in [2.45, 2.75) is 38.6 Å². The molecule has 2 aliphatic carbocycles. The van der Waals surface area contributed by atoms with E-state index in [4.69, 9.17) is 0 Å². The Bertz CT molecular complexity index is 469. The molecule has 2 aliphatic rings. The third kappa shape index (κ3) is 2.30. The summed E-state index contributed by atoms with van der Waals surface area (Å²) in [5, 5.41) is 14.2. The summed E-state index contributed by atoms with van der Waals surface area (Å²) >= 11 is 0. The lowest BCUT2D eigenvalue weighted by atomic mass is 10.1. The lowest BCUT2D eigenvalue weighted by Gasteiger charge is -2.18. The molecule has 0 aromatic carbocycles. The van der Waals surface area contributed by atoms with Gasteiger partial charge >= 0.3 is 0 Å². The molecule has 0 spiro atoms. The first-order valence-electron chi connectivity index (χ1n) is 6.52. The molecule has 0 bridgehead atoms. The number of hydrogen-bond donors (Lipinski definition) is 1. The average molecular weight is 247 g/mol. The quantitative estimate of drug-likeness (QED) is 0.641. The van der Waals surface area contributed by atoms with Crippen LogP contribution in [0.4, 0.5) is 11.5 Å². The summed E-state index contributed by atoms with van der Waals surface area (Å²) in [6.45, 7) is 1.76. The highest BCUT2D eigenvalue weighted by molar-refractivity contribution is 5.47. The van der Waals surface area contributed by atoms with E-state index in [0.717, 1.165) is 17.7 Å². The number of aromatic nitrogens is 1. The standard InChI is InChI=1S/C13H17N3O2/c1-8-6-12(14-7-11(8)16(17)18)15-13(9-2-3-9)10-4-5-10/h6-7,9-10,13H,2-5H2,1H3,(H,14,15). The summed E-state index contributed by atoms with van der Waals surface area (Å²) in [7, 11) is 0. The first-order valence-corrected chi connectivity index (χ1v) is 6.52. The van der Waals surface area contributed by atoms with Crippen molar-refractivity contribution in [1.82, 2.24) is 4.98 Å². The van der Waals surface area contributed by atoms with Crippen LogP contribution < -0.4 is 5.32 Å². The van der Waals surface area contributed by atoms with Gasteiger partial charge in [0.15, 0.2) is 0 Å². The molecular formula is C13H17N3O2. The number of nitro groups is 1. The van der Waals surface area contributed by atoms with E-state index in [0.29, 0.717) is 11.6 Å². The van der Waals surface area contributed by atoms with Crippen LogP contribution in [0.1, 0.15) is 31.2 Å². The van der Waals surface area contributed by atoms with Crippen molar-refractivity contribution in [1.29, 1.82) is 0 Å². The van der Waals surface area contributed by atoms with Crippen LogP contribution in [0.2, 0.25) is 0 Å². The summed E-state index contributed by atoms with van der Waals surface area (Å²) in [4.78, 5) is 14.5. The van der Waals surface area contributed by atoms with E-state index in [9.17, 15) is 10.1 Å². The number of rotatable bonds is 5. The van der Waals surface area contributed by atoms with Gasteiger partial charge in [0.1, 0.15) is 12.0 Å². The van der Waals surface area contributed by atoms with Gasteiger partial charge in [0.05, 0.1) is 4.92 Å². The lowest BCUT2D eigenvalue weighted by Crippen LogP contribution is -2.24. The lowest BCUT2D eigenvalue weighted by molar-refractivity contribution is -0.385. The van der Waals surface area contributed by atoms with Gasteiger partial charge in [-0.3, -0.25) is 10.1 Å². The van der Waals surface area contributed by atoms with E-state index in [2.05, 4.69) is 10.3 Å². The molecule has 0 saturated heterocycles. The fourth-order valence-electron chi connectivity index (χ4n) is 2.52. The molecular weight excluding hydrogens is 230 g/mol. The van der Waals surface area contributed by atoms with E-state index in [1.807, 2.05) is 0 Å². The molecule has 3 rings (SSSR count). The van der Waals surface area contributed by atoms with Gasteiger partial charge in [-0.25, -0.2) is 4.98 Å². The normalized spacial score (nSPS) is 19.0. The van der Waals surface area contributed by atoms with Crippen LogP contribution in [-0.2, 0) is 0 Å². The summed E-state index contributed by atoms with van der Waals surface area (Å²) < 4.78 is 0. The molecule has 2 fully saturated rings. The molecule has 0 unspecified atom stereocenters. The summed E-state index contributed by atoms with van der Waals surface area (Å²) in [6.07, 6.45) is 6.58. The summed E-state index contributed by atoms with van der Waals surface area (Å²) in [5.74, 6) is 2.35. The fraction of sp³-hybridized carbons (Fsp3) is 0.615. The first kappa shape index (κ1) is 11.4. The van der Waals surface area contributed by atoms with E-state index in [1.165, 1.54) is 31.9 Å². The molecule has 1 heterocycles. The third-order valence-corrected chi connectivity index (χ3v) is 3.85. The van der Waals surface area contributed by atoms with Crippen molar-refractivity contribution in [3.05, 3.63) is 27.9 Å². The van der Waals surface area contributed by atoms with Crippen molar-refractivity contribution in [2.24, 2.45) is 11.8 Å². The largest absolute Gasteiger partial charge is 0.367 e. The van der Waals surface area contributed by atoms with E-state index in [1.54, 1.807) is 13.0 Å². The third-order valence-electron chi connectivity index (χ3n) is 3.85. The van der Waals surface area contributed by atoms with Crippen LogP contribution in [-0.4, -0.2) is 15.9 Å².